The first-order valence-corrected chi connectivity index (χ1v) is 4.63. The number of hydrogen-bond acceptors (Lipinski definition) is 3. The number of ether oxygens (including phenoxy) is 1. The molecule has 76 valence electrons. The Morgan fingerprint density at radius 1 is 1.38 bits per heavy atom. The summed E-state index contributed by atoms with van der Waals surface area (Å²) in [7, 11) is 1.33. The fourth-order valence-electron chi connectivity index (χ4n) is 0.770. The third-order valence-electron chi connectivity index (χ3n) is 1.43. The lowest BCUT2D eigenvalue weighted by Gasteiger charge is -2.01. The number of hydrogen-bond donors (Lipinski definition) is 1. The van der Waals surface area contributed by atoms with Crippen molar-refractivity contribution in [3.8, 4) is 0 Å². The molecule has 0 bridgehead atoms. The Morgan fingerprint density at radius 3 is 2.62 bits per heavy atom. The molecular weight excluding hydrogens is 194 g/mol. The Kier molecular flexibility index (Phi) is 7.39. The number of alkyl halides is 1. The van der Waals surface area contributed by atoms with Crippen molar-refractivity contribution in [3.63, 3.8) is 0 Å². The highest BCUT2D eigenvalue weighted by atomic mass is 35.5. The molecule has 0 aromatic heterocycles. The summed E-state index contributed by atoms with van der Waals surface area (Å²) in [4.78, 5) is 21.6. The van der Waals surface area contributed by atoms with Crippen molar-refractivity contribution in [2.75, 3.05) is 19.5 Å². The molecular formula is C8H14ClNO3. The molecule has 0 fully saturated rings. The molecule has 0 aliphatic carbocycles. The Labute approximate surface area is 82.6 Å². The van der Waals surface area contributed by atoms with E-state index in [1.165, 1.54) is 7.11 Å². The number of amides is 1. The monoisotopic (exact) mass is 207 g/mol. The van der Waals surface area contributed by atoms with Crippen LogP contribution >= 0.6 is 11.6 Å². The van der Waals surface area contributed by atoms with Crippen molar-refractivity contribution >= 4 is 23.5 Å². The largest absolute Gasteiger partial charge is 0.469 e. The molecule has 0 heterocycles. The normalized spacial score (nSPS) is 9.38. The summed E-state index contributed by atoms with van der Waals surface area (Å²) >= 11 is 5.36. The van der Waals surface area contributed by atoms with Crippen LogP contribution in [0.4, 0.5) is 0 Å². The van der Waals surface area contributed by atoms with Gasteiger partial charge < -0.3 is 10.1 Å². The first kappa shape index (κ1) is 12.2. The van der Waals surface area contributed by atoms with E-state index in [9.17, 15) is 9.59 Å². The van der Waals surface area contributed by atoms with Gasteiger partial charge in [-0.15, -0.1) is 11.6 Å². The van der Waals surface area contributed by atoms with Crippen molar-refractivity contribution in [1.82, 2.24) is 5.32 Å². The summed E-state index contributed by atoms with van der Waals surface area (Å²) in [6.45, 7) is 0.471. The van der Waals surface area contributed by atoms with Gasteiger partial charge in [-0.2, -0.15) is 0 Å². The molecule has 13 heavy (non-hydrogen) atoms. The van der Waals surface area contributed by atoms with Gasteiger partial charge in [-0.25, -0.2) is 0 Å². The van der Waals surface area contributed by atoms with Gasteiger partial charge in [-0.05, 0) is 6.42 Å². The first-order chi connectivity index (χ1) is 6.20. The van der Waals surface area contributed by atoms with E-state index in [0.29, 0.717) is 25.3 Å². The zero-order valence-corrected chi connectivity index (χ0v) is 8.39. The third kappa shape index (κ3) is 7.59. The van der Waals surface area contributed by atoms with Gasteiger partial charge in [0.2, 0.25) is 5.91 Å². The van der Waals surface area contributed by atoms with Crippen molar-refractivity contribution in [1.29, 1.82) is 0 Å². The van der Waals surface area contributed by atoms with Crippen LogP contribution in [0.25, 0.3) is 0 Å². The Balaban J connectivity index is 3.31. The molecule has 0 saturated heterocycles. The van der Waals surface area contributed by atoms with E-state index in [1.807, 2.05) is 0 Å². The minimum atomic E-state index is -0.287. The lowest BCUT2D eigenvalue weighted by Crippen LogP contribution is -2.25. The Morgan fingerprint density at radius 2 is 2.08 bits per heavy atom. The molecule has 5 heteroatoms. The Bertz CT molecular complexity index is 173. The molecule has 0 spiro atoms. The molecule has 0 aromatic rings. The van der Waals surface area contributed by atoms with Crippen LogP contribution in [-0.4, -0.2) is 31.4 Å². The van der Waals surface area contributed by atoms with Crippen LogP contribution in [0.5, 0.6) is 0 Å². The second-order valence-corrected chi connectivity index (χ2v) is 2.85. The summed E-state index contributed by atoms with van der Waals surface area (Å²) in [5.74, 6) is 0.0395. The van der Waals surface area contributed by atoms with Gasteiger partial charge in [0.05, 0.1) is 7.11 Å². The molecule has 1 amide bonds. The molecule has 4 nitrogen and oxygen atoms in total. The highest BCUT2D eigenvalue weighted by Gasteiger charge is 2.03. The molecule has 0 aliphatic rings. The quantitative estimate of drug-likeness (QED) is 0.515. The average molecular weight is 208 g/mol. The number of halogens is 1. The second kappa shape index (κ2) is 7.86. The van der Waals surface area contributed by atoms with Crippen LogP contribution in [0.3, 0.4) is 0 Å². The van der Waals surface area contributed by atoms with Crippen LogP contribution in [0.2, 0.25) is 0 Å². The molecule has 0 rings (SSSR count). The van der Waals surface area contributed by atoms with Gasteiger partial charge in [-0.1, -0.05) is 0 Å². The van der Waals surface area contributed by atoms with Crippen LogP contribution in [0, 0.1) is 0 Å². The average Bonchev–Trinajstić information content (AvgIpc) is 2.14. The topological polar surface area (TPSA) is 55.4 Å². The summed E-state index contributed by atoms with van der Waals surface area (Å²) < 4.78 is 4.42. The summed E-state index contributed by atoms with van der Waals surface area (Å²) in [6.07, 6.45) is 1.14. The number of esters is 1. The van der Waals surface area contributed by atoms with Gasteiger partial charge in [0, 0.05) is 25.3 Å². The van der Waals surface area contributed by atoms with Crippen LogP contribution in [0.15, 0.2) is 0 Å². The smallest absolute Gasteiger partial charge is 0.305 e. The highest BCUT2D eigenvalue weighted by Crippen LogP contribution is 1.96. The predicted molar refractivity (Wildman–Crippen MR) is 49.6 cm³/mol. The second-order valence-electron chi connectivity index (χ2n) is 2.47. The fraction of sp³-hybridized carbons (Fsp3) is 0.750. The summed E-state index contributed by atoms with van der Waals surface area (Å²) in [5, 5.41) is 2.60. The van der Waals surface area contributed by atoms with E-state index in [0.717, 1.165) is 0 Å². The zero-order chi connectivity index (χ0) is 10.1. The van der Waals surface area contributed by atoms with Crippen LogP contribution in [-0.2, 0) is 14.3 Å². The molecule has 0 aliphatic heterocycles. The number of carbonyl (C=O) groups is 2. The van der Waals surface area contributed by atoms with E-state index in [-0.39, 0.29) is 18.3 Å². The van der Waals surface area contributed by atoms with E-state index in [2.05, 4.69) is 10.1 Å². The fourth-order valence-corrected chi connectivity index (χ4v) is 0.865. The van der Waals surface area contributed by atoms with E-state index >= 15 is 0 Å². The Hall–Kier alpha value is -0.770. The number of methoxy groups -OCH3 is 1. The molecule has 1 N–H and O–H groups in total. The maximum Gasteiger partial charge on any atom is 0.305 e. The van der Waals surface area contributed by atoms with Gasteiger partial charge in [0.25, 0.3) is 0 Å². The van der Waals surface area contributed by atoms with E-state index < -0.39 is 0 Å². The van der Waals surface area contributed by atoms with Gasteiger partial charge in [-0.3, -0.25) is 9.59 Å². The lowest BCUT2D eigenvalue weighted by atomic mass is 10.2. The molecule has 0 saturated carbocycles. The standard InChI is InChI=1S/C8H14ClNO3/c1-13-8(12)4-2-3-7(11)10-6-5-9/h2-6H2,1H3,(H,10,11). The van der Waals surface area contributed by atoms with E-state index in [1.54, 1.807) is 0 Å². The number of nitrogens with one attached hydrogen (secondary N) is 1. The van der Waals surface area contributed by atoms with Crippen molar-refractivity contribution in [2.24, 2.45) is 0 Å². The predicted octanol–water partition coefficient (Wildman–Crippen LogP) is 0.685. The SMILES string of the molecule is COC(=O)CCCC(=O)NCCCl. The lowest BCUT2D eigenvalue weighted by molar-refractivity contribution is -0.140. The first-order valence-electron chi connectivity index (χ1n) is 4.10. The summed E-state index contributed by atoms with van der Waals surface area (Å²) in [6, 6.07) is 0. The van der Waals surface area contributed by atoms with Crippen molar-refractivity contribution < 1.29 is 14.3 Å². The maximum absolute atomic E-state index is 10.9. The maximum atomic E-state index is 10.9. The van der Waals surface area contributed by atoms with Gasteiger partial charge in [0.1, 0.15) is 0 Å². The zero-order valence-electron chi connectivity index (χ0n) is 7.64. The minimum absolute atomic E-state index is 0.0791. The van der Waals surface area contributed by atoms with E-state index in [4.69, 9.17) is 11.6 Å². The minimum Gasteiger partial charge on any atom is -0.469 e. The van der Waals surface area contributed by atoms with Crippen molar-refractivity contribution in [3.05, 3.63) is 0 Å². The van der Waals surface area contributed by atoms with Crippen molar-refractivity contribution in [2.45, 2.75) is 19.3 Å². The molecule has 0 unspecified atom stereocenters. The number of rotatable bonds is 6. The van der Waals surface area contributed by atoms with Crippen LogP contribution < -0.4 is 5.32 Å². The summed E-state index contributed by atoms with van der Waals surface area (Å²) in [5.41, 5.74) is 0. The molecule has 0 radical (unpaired) electrons. The molecule has 0 aromatic carbocycles. The van der Waals surface area contributed by atoms with Gasteiger partial charge in [0.15, 0.2) is 0 Å². The highest BCUT2D eigenvalue weighted by molar-refractivity contribution is 6.18. The number of carbonyl (C=O) groups excluding carboxylic acids is 2. The third-order valence-corrected chi connectivity index (χ3v) is 1.62. The van der Waals surface area contributed by atoms with Gasteiger partial charge >= 0.3 is 5.97 Å². The van der Waals surface area contributed by atoms with Crippen LogP contribution in [0.1, 0.15) is 19.3 Å². The molecule has 0 atom stereocenters.